The summed E-state index contributed by atoms with van der Waals surface area (Å²) in [6, 6.07) is 3.30. The van der Waals surface area contributed by atoms with E-state index in [1.165, 1.54) is 38.2 Å². The summed E-state index contributed by atoms with van der Waals surface area (Å²) in [5, 5.41) is 12.4. The lowest BCUT2D eigenvalue weighted by atomic mass is 9.83. The standard InChI is InChI=1S/C14H21NO3/c1-10(11-6-7-12(18-11)13(16)17)15-14(2)8-4-3-5-9-14/h6-7,10,15H,3-5,8-9H2,1-2H3,(H,16,17). The van der Waals surface area contributed by atoms with E-state index in [0.29, 0.717) is 5.76 Å². The van der Waals surface area contributed by atoms with E-state index in [4.69, 9.17) is 9.52 Å². The van der Waals surface area contributed by atoms with Crippen LogP contribution in [0.15, 0.2) is 16.5 Å². The third kappa shape index (κ3) is 2.93. The Morgan fingerprint density at radius 3 is 2.61 bits per heavy atom. The molecule has 1 aliphatic rings. The average molecular weight is 251 g/mol. The van der Waals surface area contributed by atoms with E-state index in [-0.39, 0.29) is 17.3 Å². The zero-order chi connectivity index (χ0) is 13.2. The fourth-order valence-corrected chi connectivity index (χ4v) is 2.77. The van der Waals surface area contributed by atoms with Crippen LogP contribution in [0.3, 0.4) is 0 Å². The fourth-order valence-electron chi connectivity index (χ4n) is 2.77. The molecule has 0 spiro atoms. The van der Waals surface area contributed by atoms with Gasteiger partial charge in [-0.2, -0.15) is 0 Å². The molecule has 1 unspecified atom stereocenters. The number of rotatable bonds is 4. The molecule has 1 heterocycles. The molecule has 1 fully saturated rings. The molecule has 2 rings (SSSR count). The minimum Gasteiger partial charge on any atom is -0.475 e. The third-order valence-electron chi connectivity index (χ3n) is 3.79. The van der Waals surface area contributed by atoms with Crippen LogP contribution in [0.4, 0.5) is 0 Å². The van der Waals surface area contributed by atoms with Crippen molar-refractivity contribution in [2.75, 3.05) is 0 Å². The number of carboxylic acid groups (broad SMARTS) is 1. The summed E-state index contributed by atoms with van der Waals surface area (Å²) in [6.45, 7) is 4.26. The van der Waals surface area contributed by atoms with Crippen molar-refractivity contribution in [3.05, 3.63) is 23.7 Å². The molecule has 0 radical (unpaired) electrons. The van der Waals surface area contributed by atoms with Gasteiger partial charge in [-0.25, -0.2) is 4.79 Å². The first-order valence-corrected chi connectivity index (χ1v) is 6.61. The maximum Gasteiger partial charge on any atom is 0.371 e. The van der Waals surface area contributed by atoms with Gasteiger partial charge in [-0.05, 0) is 38.8 Å². The molecule has 1 aromatic heterocycles. The van der Waals surface area contributed by atoms with E-state index in [9.17, 15) is 4.79 Å². The molecule has 0 bridgehead atoms. The Morgan fingerprint density at radius 1 is 1.39 bits per heavy atom. The van der Waals surface area contributed by atoms with Gasteiger partial charge in [0.25, 0.3) is 0 Å². The summed E-state index contributed by atoms with van der Waals surface area (Å²) >= 11 is 0. The average Bonchev–Trinajstić information content (AvgIpc) is 2.78. The van der Waals surface area contributed by atoms with Crippen molar-refractivity contribution in [1.29, 1.82) is 0 Å². The highest BCUT2D eigenvalue weighted by molar-refractivity contribution is 5.84. The lowest BCUT2D eigenvalue weighted by Crippen LogP contribution is -2.44. The highest BCUT2D eigenvalue weighted by atomic mass is 16.4. The van der Waals surface area contributed by atoms with E-state index < -0.39 is 5.97 Å². The van der Waals surface area contributed by atoms with Crippen LogP contribution in [0, 0.1) is 0 Å². The van der Waals surface area contributed by atoms with Crippen molar-refractivity contribution in [3.63, 3.8) is 0 Å². The maximum absolute atomic E-state index is 10.8. The van der Waals surface area contributed by atoms with Crippen LogP contribution < -0.4 is 5.32 Å². The number of nitrogens with one attached hydrogen (secondary N) is 1. The lowest BCUT2D eigenvalue weighted by molar-refractivity contribution is 0.0659. The number of hydrogen-bond acceptors (Lipinski definition) is 3. The summed E-state index contributed by atoms with van der Waals surface area (Å²) < 4.78 is 5.33. The van der Waals surface area contributed by atoms with Gasteiger partial charge < -0.3 is 14.8 Å². The molecule has 0 aliphatic heterocycles. The van der Waals surface area contributed by atoms with Crippen LogP contribution in [-0.2, 0) is 0 Å². The second-order valence-corrected chi connectivity index (χ2v) is 5.49. The molecular weight excluding hydrogens is 230 g/mol. The van der Waals surface area contributed by atoms with Crippen LogP contribution in [0.5, 0.6) is 0 Å². The molecule has 1 aromatic rings. The normalized spacial score (nSPS) is 20.6. The van der Waals surface area contributed by atoms with Gasteiger partial charge >= 0.3 is 5.97 Å². The first kappa shape index (κ1) is 13.1. The van der Waals surface area contributed by atoms with Gasteiger partial charge in [0.1, 0.15) is 5.76 Å². The van der Waals surface area contributed by atoms with E-state index in [0.717, 1.165) is 0 Å². The van der Waals surface area contributed by atoms with Crippen molar-refractivity contribution in [2.45, 2.75) is 57.5 Å². The zero-order valence-corrected chi connectivity index (χ0v) is 11.0. The predicted octanol–water partition coefficient (Wildman–Crippen LogP) is 3.35. The monoisotopic (exact) mass is 251 g/mol. The number of furan rings is 1. The molecule has 100 valence electrons. The number of carbonyl (C=O) groups is 1. The van der Waals surface area contributed by atoms with Gasteiger partial charge in [0, 0.05) is 5.54 Å². The molecule has 1 aliphatic carbocycles. The fraction of sp³-hybridized carbons (Fsp3) is 0.643. The van der Waals surface area contributed by atoms with Gasteiger partial charge in [-0.1, -0.05) is 19.3 Å². The van der Waals surface area contributed by atoms with Crippen molar-refractivity contribution in [1.82, 2.24) is 5.32 Å². The van der Waals surface area contributed by atoms with Crippen LogP contribution in [0.2, 0.25) is 0 Å². The van der Waals surface area contributed by atoms with Crippen molar-refractivity contribution in [2.24, 2.45) is 0 Å². The molecule has 1 atom stereocenters. The molecule has 0 saturated heterocycles. The Balaban J connectivity index is 2.01. The maximum atomic E-state index is 10.8. The summed E-state index contributed by atoms with van der Waals surface area (Å²) in [4.78, 5) is 10.8. The first-order valence-electron chi connectivity index (χ1n) is 6.61. The van der Waals surface area contributed by atoms with E-state index in [1.807, 2.05) is 6.92 Å². The summed E-state index contributed by atoms with van der Waals surface area (Å²) in [5.74, 6) is -0.316. The van der Waals surface area contributed by atoms with E-state index in [2.05, 4.69) is 12.2 Å². The van der Waals surface area contributed by atoms with Gasteiger partial charge in [0.05, 0.1) is 6.04 Å². The van der Waals surface area contributed by atoms with Gasteiger partial charge in [0.2, 0.25) is 5.76 Å². The number of aromatic carboxylic acids is 1. The van der Waals surface area contributed by atoms with Crippen molar-refractivity contribution >= 4 is 5.97 Å². The van der Waals surface area contributed by atoms with Crippen LogP contribution in [0.1, 0.15) is 68.3 Å². The Morgan fingerprint density at radius 2 is 2.06 bits per heavy atom. The Kier molecular flexibility index (Phi) is 3.76. The molecule has 2 N–H and O–H groups in total. The quantitative estimate of drug-likeness (QED) is 0.861. The van der Waals surface area contributed by atoms with Gasteiger partial charge in [-0.3, -0.25) is 0 Å². The largest absolute Gasteiger partial charge is 0.475 e. The summed E-state index contributed by atoms with van der Waals surface area (Å²) in [7, 11) is 0. The molecule has 0 aromatic carbocycles. The van der Waals surface area contributed by atoms with Crippen molar-refractivity contribution < 1.29 is 14.3 Å². The highest BCUT2D eigenvalue weighted by Gasteiger charge is 2.29. The molecule has 18 heavy (non-hydrogen) atoms. The molecule has 4 nitrogen and oxygen atoms in total. The number of hydrogen-bond donors (Lipinski definition) is 2. The number of carboxylic acids is 1. The first-order chi connectivity index (χ1) is 8.50. The smallest absolute Gasteiger partial charge is 0.371 e. The molecular formula is C14H21NO3. The second kappa shape index (κ2) is 5.14. The zero-order valence-electron chi connectivity index (χ0n) is 11.0. The Bertz CT molecular complexity index is 418. The Hall–Kier alpha value is -1.29. The van der Waals surface area contributed by atoms with Gasteiger partial charge in [0.15, 0.2) is 0 Å². The third-order valence-corrected chi connectivity index (χ3v) is 3.79. The van der Waals surface area contributed by atoms with Crippen molar-refractivity contribution in [3.8, 4) is 0 Å². The Labute approximate surface area is 107 Å². The molecule has 0 amide bonds. The minimum absolute atomic E-state index is 0.00690. The minimum atomic E-state index is -1.02. The topological polar surface area (TPSA) is 62.5 Å². The second-order valence-electron chi connectivity index (χ2n) is 5.49. The summed E-state index contributed by atoms with van der Waals surface area (Å²) in [5.41, 5.74) is 0.147. The predicted molar refractivity (Wildman–Crippen MR) is 68.7 cm³/mol. The summed E-state index contributed by atoms with van der Waals surface area (Å²) in [6.07, 6.45) is 6.17. The van der Waals surface area contributed by atoms with Crippen LogP contribution >= 0.6 is 0 Å². The SMILES string of the molecule is CC(NC1(C)CCCCC1)c1ccc(C(=O)O)o1. The van der Waals surface area contributed by atoms with Crippen LogP contribution in [0.25, 0.3) is 0 Å². The molecule has 4 heteroatoms. The molecule has 1 saturated carbocycles. The van der Waals surface area contributed by atoms with E-state index in [1.54, 1.807) is 6.07 Å². The van der Waals surface area contributed by atoms with E-state index >= 15 is 0 Å². The highest BCUT2D eigenvalue weighted by Crippen LogP contribution is 2.30. The van der Waals surface area contributed by atoms with Crippen LogP contribution in [-0.4, -0.2) is 16.6 Å². The van der Waals surface area contributed by atoms with Gasteiger partial charge in [-0.15, -0.1) is 0 Å². The lowest BCUT2D eigenvalue weighted by Gasteiger charge is -2.36.